The van der Waals surface area contributed by atoms with Gasteiger partial charge < -0.3 is 25.0 Å². The maximum absolute atomic E-state index is 12.9. The van der Waals surface area contributed by atoms with E-state index >= 15 is 0 Å². The number of hydrogen-bond donors (Lipinski definition) is 3. The van der Waals surface area contributed by atoms with Crippen LogP contribution in [0.3, 0.4) is 0 Å². The molecular weight excluding hydrogens is 510 g/mol. The maximum atomic E-state index is 12.9. The predicted molar refractivity (Wildman–Crippen MR) is 130 cm³/mol. The average molecular weight is 544 g/mol. The monoisotopic (exact) mass is 543 g/mol. The van der Waals surface area contributed by atoms with E-state index in [-0.39, 0.29) is 29.2 Å². The first-order chi connectivity index (χ1) is 17.4. The molecule has 2 aliphatic rings. The molecule has 0 aliphatic carbocycles. The Balaban J connectivity index is 0.000000717. The highest BCUT2D eigenvalue weighted by atomic mass is 32.2. The van der Waals surface area contributed by atoms with Crippen LogP contribution in [0.25, 0.3) is 0 Å². The molecule has 2 aliphatic heterocycles. The van der Waals surface area contributed by atoms with Crippen molar-refractivity contribution in [2.45, 2.75) is 31.6 Å². The van der Waals surface area contributed by atoms with Crippen LogP contribution < -0.4 is 5.32 Å². The van der Waals surface area contributed by atoms with Crippen LogP contribution in [-0.2, 0) is 38.7 Å². The molecule has 0 atom stereocenters. The number of benzene rings is 1. The fraction of sp³-hybridized carbons (Fsp3) is 0.565. The molecule has 37 heavy (non-hydrogen) atoms. The van der Waals surface area contributed by atoms with E-state index in [1.807, 2.05) is 11.8 Å². The summed E-state index contributed by atoms with van der Waals surface area (Å²) in [5.41, 5.74) is 1.27. The second-order valence-electron chi connectivity index (χ2n) is 8.45. The van der Waals surface area contributed by atoms with E-state index in [0.717, 1.165) is 5.56 Å². The molecular formula is C23H33N3O10S. The number of amides is 1. The molecule has 0 radical (unpaired) electrons. The highest BCUT2D eigenvalue weighted by Crippen LogP contribution is 2.24. The summed E-state index contributed by atoms with van der Waals surface area (Å²) in [5, 5.41) is 17.6. The Morgan fingerprint density at radius 2 is 1.65 bits per heavy atom. The molecule has 206 valence electrons. The van der Waals surface area contributed by atoms with Gasteiger partial charge in [0.15, 0.2) is 0 Å². The van der Waals surface area contributed by atoms with Gasteiger partial charge in [0.1, 0.15) is 0 Å². The van der Waals surface area contributed by atoms with Gasteiger partial charge in [-0.25, -0.2) is 18.0 Å². The van der Waals surface area contributed by atoms with Gasteiger partial charge in [-0.05, 0) is 57.5 Å². The largest absolute Gasteiger partial charge is 0.473 e. The SMILES string of the molecule is CCOC(=O)C1CCN(CC(=O)Nc2cc(S(=O)(=O)N3CCOCC3)ccc2C)CC1.O=C(O)C(=O)O. The summed E-state index contributed by atoms with van der Waals surface area (Å²) < 4.78 is 37.5. The standard InChI is InChI=1S/C21H31N3O6S.C2H2O4/c1-3-30-21(26)17-6-8-23(9-7-17)15-20(25)22-19-14-18(5-4-16(19)2)31(27,28)24-10-12-29-13-11-24;3-1(4)2(5)6/h4-5,14,17H,3,6-13,15H2,1-2H3,(H,22,25);(H,3,4)(H,5,6). The third kappa shape index (κ3) is 9.07. The number of aryl methyl sites for hydroxylation is 1. The average Bonchev–Trinajstić information content (AvgIpc) is 2.86. The lowest BCUT2D eigenvalue weighted by molar-refractivity contribution is -0.159. The van der Waals surface area contributed by atoms with Gasteiger partial charge in [-0.15, -0.1) is 0 Å². The number of aliphatic carboxylic acids is 2. The number of hydrogen-bond acceptors (Lipinski definition) is 9. The number of carbonyl (C=O) groups excluding carboxylic acids is 2. The van der Waals surface area contributed by atoms with Crippen molar-refractivity contribution in [2.75, 3.05) is 57.9 Å². The summed E-state index contributed by atoms with van der Waals surface area (Å²) in [7, 11) is -3.64. The van der Waals surface area contributed by atoms with Crippen LogP contribution >= 0.6 is 0 Å². The number of piperidine rings is 1. The van der Waals surface area contributed by atoms with Gasteiger partial charge in [0.25, 0.3) is 0 Å². The smallest absolute Gasteiger partial charge is 0.414 e. The summed E-state index contributed by atoms with van der Waals surface area (Å²) in [6.07, 6.45) is 1.33. The molecule has 14 heteroatoms. The van der Waals surface area contributed by atoms with Gasteiger partial charge in [-0.1, -0.05) is 6.07 Å². The fourth-order valence-corrected chi connectivity index (χ4v) is 5.25. The normalized spacial score (nSPS) is 17.2. The van der Waals surface area contributed by atoms with Crippen LogP contribution in [0.15, 0.2) is 23.1 Å². The number of rotatable bonds is 7. The second-order valence-corrected chi connectivity index (χ2v) is 10.4. The van der Waals surface area contributed by atoms with Crippen molar-refractivity contribution in [3.8, 4) is 0 Å². The number of ether oxygens (including phenoxy) is 2. The maximum Gasteiger partial charge on any atom is 0.414 e. The lowest BCUT2D eigenvalue weighted by Gasteiger charge is -2.30. The Morgan fingerprint density at radius 1 is 1.05 bits per heavy atom. The van der Waals surface area contributed by atoms with Crippen molar-refractivity contribution in [3.63, 3.8) is 0 Å². The van der Waals surface area contributed by atoms with Crippen molar-refractivity contribution < 1.29 is 47.3 Å². The van der Waals surface area contributed by atoms with Gasteiger partial charge in [-0.3, -0.25) is 14.5 Å². The molecule has 13 nitrogen and oxygen atoms in total. The minimum atomic E-state index is -3.64. The van der Waals surface area contributed by atoms with E-state index in [0.29, 0.717) is 64.5 Å². The highest BCUT2D eigenvalue weighted by molar-refractivity contribution is 7.89. The zero-order chi connectivity index (χ0) is 27.6. The van der Waals surface area contributed by atoms with Crippen LogP contribution in [0.4, 0.5) is 5.69 Å². The van der Waals surface area contributed by atoms with Crippen LogP contribution in [0.2, 0.25) is 0 Å². The predicted octanol–water partition coefficient (Wildman–Crippen LogP) is 0.385. The fourth-order valence-electron chi connectivity index (χ4n) is 3.81. The van der Waals surface area contributed by atoms with Gasteiger partial charge in [0.2, 0.25) is 15.9 Å². The Hall–Kier alpha value is -3.07. The molecule has 0 aromatic heterocycles. The van der Waals surface area contributed by atoms with Crippen molar-refractivity contribution in [1.29, 1.82) is 0 Å². The summed E-state index contributed by atoms with van der Waals surface area (Å²) in [4.78, 5) is 44.8. The Morgan fingerprint density at radius 3 is 2.19 bits per heavy atom. The Bertz CT molecular complexity index is 1070. The number of likely N-dealkylation sites (tertiary alicyclic amines) is 1. The molecule has 2 heterocycles. The summed E-state index contributed by atoms with van der Waals surface area (Å²) >= 11 is 0. The summed E-state index contributed by atoms with van der Waals surface area (Å²) in [6.45, 7) is 6.85. The van der Waals surface area contributed by atoms with Crippen LogP contribution in [0.1, 0.15) is 25.3 Å². The number of carbonyl (C=O) groups is 4. The number of carboxylic acid groups (broad SMARTS) is 2. The number of esters is 1. The number of nitrogens with zero attached hydrogens (tertiary/aromatic N) is 2. The van der Waals surface area contributed by atoms with E-state index in [1.165, 1.54) is 10.4 Å². The summed E-state index contributed by atoms with van der Waals surface area (Å²) in [6, 6.07) is 4.79. The van der Waals surface area contributed by atoms with E-state index in [9.17, 15) is 18.0 Å². The number of morpholine rings is 1. The number of sulfonamides is 1. The van der Waals surface area contributed by atoms with E-state index in [1.54, 1.807) is 19.1 Å². The lowest BCUT2D eigenvalue weighted by Crippen LogP contribution is -2.41. The first-order valence-electron chi connectivity index (χ1n) is 11.8. The lowest BCUT2D eigenvalue weighted by atomic mass is 9.97. The number of nitrogens with one attached hydrogen (secondary N) is 1. The molecule has 0 spiro atoms. The van der Waals surface area contributed by atoms with E-state index in [4.69, 9.17) is 29.3 Å². The highest BCUT2D eigenvalue weighted by Gasteiger charge is 2.28. The Kier molecular flexibility index (Phi) is 11.4. The van der Waals surface area contributed by atoms with Crippen molar-refractivity contribution >= 4 is 39.5 Å². The number of anilines is 1. The van der Waals surface area contributed by atoms with Crippen LogP contribution in [-0.4, -0.2) is 104 Å². The molecule has 0 bridgehead atoms. The molecule has 3 N–H and O–H groups in total. The zero-order valence-corrected chi connectivity index (χ0v) is 21.7. The molecule has 1 aromatic rings. The van der Waals surface area contributed by atoms with Crippen LogP contribution in [0, 0.1) is 12.8 Å². The van der Waals surface area contributed by atoms with Crippen molar-refractivity contribution in [1.82, 2.24) is 9.21 Å². The first-order valence-corrected chi connectivity index (χ1v) is 13.2. The van der Waals surface area contributed by atoms with Gasteiger partial charge in [-0.2, -0.15) is 4.31 Å². The second kappa shape index (κ2) is 14.0. The topological polar surface area (TPSA) is 180 Å². The zero-order valence-electron chi connectivity index (χ0n) is 20.8. The van der Waals surface area contributed by atoms with Gasteiger partial charge in [0.05, 0.1) is 37.2 Å². The van der Waals surface area contributed by atoms with Gasteiger partial charge >= 0.3 is 17.9 Å². The molecule has 1 amide bonds. The van der Waals surface area contributed by atoms with Crippen molar-refractivity contribution in [3.05, 3.63) is 23.8 Å². The van der Waals surface area contributed by atoms with E-state index in [2.05, 4.69) is 5.32 Å². The Labute approximate surface area is 215 Å². The molecule has 0 saturated carbocycles. The molecule has 0 unspecified atom stereocenters. The third-order valence-electron chi connectivity index (χ3n) is 5.85. The quantitative estimate of drug-likeness (QED) is 0.320. The molecule has 1 aromatic carbocycles. The van der Waals surface area contributed by atoms with Gasteiger partial charge in [0, 0.05) is 18.8 Å². The minimum absolute atomic E-state index is 0.108. The van der Waals surface area contributed by atoms with E-state index < -0.39 is 22.0 Å². The summed E-state index contributed by atoms with van der Waals surface area (Å²) in [5.74, 6) is -4.13. The first kappa shape index (κ1) is 30.2. The van der Waals surface area contributed by atoms with Crippen molar-refractivity contribution in [2.24, 2.45) is 5.92 Å². The molecule has 3 rings (SSSR count). The number of carboxylic acids is 2. The third-order valence-corrected chi connectivity index (χ3v) is 7.74. The van der Waals surface area contributed by atoms with Crippen LogP contribution in [0.5, 0.6) is 0 Å². The minimum Gasteiger partial charge on any atom is -0.473 e. The molecule has 2 saturated heterocycles. The molecule has 2 fully saturated rings.